The van der Waals surface area contributed by atoms with Crippen LogP contribution in [0.25, 0.3) is 0 Å². The zero-order valence-corrected chi connectivity index (χ0v) is 8.98. The minimum Gasteiger partial charge on any atom is -0.460 e. The van der Waals surface area contributed by atoms with Crippen LogP contribution in [-0.2, 0) is 7.05 Å². The predicted molar refractivity (Wildman–Crippen MR) is 53.0 cm³/mol. The van der Waals surface area contributed by atoms with E-state index in [-0.39, 0.29) is 5.78 Å². The van der Waals surface area contributed by atoms with E-state index in [2.05, 4.69) is 20.9 Å². The largest absolute Gasteiger partial charge is 0.460 e. The van der Waals surface area contributed by atoms with Crippen molar-refractivity contribution in [3.63, 3.8) is 0 Å². The molecule has 0 bridgehead atoms. The van der Waals surface area contributed by atoms with Gasteiger partial charge in [-0.3, -0.25) is 4.79 Å². The van der Waals surface area contributed by atoms with Crippen LogP contribution in [0.3, 0.4) is 0 Å². The number of aromatic nitrogens is 2. The Kier molecular flexibility index (Phi) is 2.25. The first-order chi connectivity index (χ1) is 6.70. The molecule has 2 rings (SSSR count). The van der Waals surface area contributed by atoms with Crippen LogP contribution in [0.2, 0.25) is 0 Å². The minimum absolute atomic E-state index is 0.179. The maximum atomic E-state index is 11.8. The molecule has 0 unspecified atom stereocenters. The fourth-order valence-electron chi connectivity index (χ4n) is 1.15. The van der Waals surface area contributed by atoms with E-state index in [1.54, 1.807) is 24.0 Å². The van der Waals surface area contributed by atoms with Crippen molar-refractivity contribution >= 4 is 21.7 Å². The molecule has 72 valence electrons. The molecule has 0 atom stereocenters. The Morgan fingerprint density at radius 1 is 1.64 bits per heavy atom. The van der Waals surface area contributed by atoms with E-state index in [0.29, 0.717) is 15.9 Å². The van der Waals surface area contributed by atoms with Crippen LogP contribution in [0.5, 0.6) is 0 Å². The minimum atomic E-state index is -0.179. The second-order valence-electron chi connectivity index (χ2n) is 2.82. The molecule has 0 radical (unpaired) electrons. The molecule has 0 fully saturated rings. The molecule has 2 heterocycles. The van der Waals surface area contributed by atoms with Crippen molar-refractivity contribution in [3.8, 4) is 0 Å². The first-order valence-electron chi connectivity index (χ1n) is 3.94. The van der Waals surface area contributed by atoms with Gasteiger partial charge in [0.05, 0.1) is 23.3 Å². The maximum Gasteiger partial charge on any atom is 0.247 e. The lowest BCUT2D eigenvalue weighted by Gasteiger charge is -1.98. The summed E-state index contributed by atoms with van der Waals surface area (Å²) in [5.41, 5.74) is 0.501. The summed E-state index contributed by atoms with van der Waals surface area (Å²) in [5, 5.41) is 0. The molecule has 0 N–H and O–H groups in total. The monoisotopic (exact) mass is 254 g/mol. The Morgan fingerprint density at radius 3 is 2.93 bits per heavy atom. The lowest BCUT2D eigenvalue weighted by Crippen LogP contribution is -2.06. The van der Waals surface area contributed by atoms with E-state index in [9.17, 15) is 4.79 Å². The van der Waals surface area contributed by atoms with Crippen LogP contribution in [-0.4, -0.2) is 15.3 Å². The predicted octanol–water partition coefficient (Wildman–Crippen LogP) is 2.01. The van der Waals surface area contributed by atoms with Crippen molar-refractivity contribution in [2.75, 3.05) is 0 Å². The molecule has 2 aromatic rings. The number of hydrogen-bond acceptors (Lipinski definition) is 3. The molecule has 2 aromatic heterocycles. The molecule has 0 spiro atoms. The third-order valence-corrected chi connectivity index (χ3v) is 2.50. The van der Waals surface area contributed by atoms with Crippen molar-refractivity contribution in [2.45, 2.75) is 0 Å². The van der Waals surface area contributed by atoms with Crippen molar-refractivity contribution in [3.05, 3.63) is 40.8 Å². The van der Waals surface area contributed by atoms with Crippen LogP contribution in [0.15, 0.2) is 33.7 Å². The molecule has 0 aliphatic rings. The molecule has 0 saturated heterocycles. The third kappa shape index (κ3) is 1.39. The van der Waals surface area contributed by atoms with E-state index in [4.69, 9.17) is 4.42 Å². The van der Waals surface area contributed by atoms with Gasteiger partial charge in [0.1, 0.15) is 5.69 Å². The molecule has 0 aliphatic heterocycles. The number of hydrogen-bond donors (Lipinski definition) is 0. The smallest absolute Gasteiger partial charge is 0.247 e. The number of rotatable bonds is 2. The topological polar surface area (TPSA) is 48.0 Å². The number of halogens is 1. The summed E-state index contributed by atoms with van der Waals surface area (Å²) in [4.78, 5) is 15.7. The summed E-state index contributed by atoms with van der Waals surface area (Å²) in [6, 6.07) is 1.68. The van der Waals surface area contributed by atoms with E-state index in [1.165, 1.54) is 12.5 Å². The number of nitrogens with zero attached hydrogens (tertiary/aromatic N) is 2. The summed E-state index contributed by atoms with van der Waals surface area (Å²) < 4.78 is 7.37. The molecule has 0 aromatic carbocycles. The molecule has 0 amide bonds. The van der Waals surface area contributed by atoms with Gasteiger partial charge in [-0.15, -0.1) is 0 Å². The summed E-state index contributed by atoms with van der Waals surface area (Å²) in [5.74, 6) is 0.121. The zero-order valence-electron chi connectivity index (χ0n) is 7.40. The van der Waals surface area contributed by atoms with Crippen molar-refractivity contribution in [1.82, 2.24) is 9.55 Å². The number of furan rings is 1. The second-order valence-corrected chi connectivity index (χ2v) is 3.67. The summed E-state index contributed by atoms with van der Waals surface area (Å²) in [6.45, 7) is 0. The quantitative estimate of drug-likeness (QED) is 0.771. The Labute approximate surface area is 88.7 Å². The van der Waals surface area contributed by atoms with Gasteiger partial charge in [-0.1, -0.05) is 0 Å². The van der Waals surface area contributed by atoms with Gasteiger partial charge in [-0.2, -0.15) is 0 Å². The average Bonchev–Trinajstić information content (AvgIpc) is 2.73. The second kappa shape index (κ2) is 3.42. The van der Waals surface area contributed by atoms with Gasteiger partial charge in [0.25, 0.3) is 0 Å². The van der Waals surface area contributed by atoms with Crippen molar-refractivity contribution < 1.29 is 9.21 Å². The molecule has 5 heteroatoms. The third-order valence-electron chi connectivity index (χ3n) is 1.87. The molecule has 0 aliphatic carbocycles. The fraction of sp³-hybridized carbons (Fsp3) is 0.111. The van der Waals surface area contributed by atoms with Crippen LogP contribution in [0, 0.1) is 0 Å². The van der Waals surface area contributed by atoms with Gasteiger partial charge in [-0.25, -0.2) is 4.98 Å². The molecule has 4 nitrogen and oxygen atoms in total. The lowest BCUT2D eigenvalue weighted by atomic mass is 10.2. The molecular formula is C9H7BrN2O2. The highest BCUT2D eigenvalue weighted by Crippen LogP contribution is 2.20. The van der Waals surface area contributed by atoms with Gasteiger partial charge < -0.3 is 8.98 Å². The number of aryl methyl sites for hydroxylation is 1. The summed E-state index contributed by atoms with van der Waals surface area (Å²) in [6.07, 6.45) is 4.55. The van der Waals surface area contributed by atoms with Gasteiger partial charge in [0.2, 0.25) is 5.78 Å². The summed E-state index contributed by atoms with van der Waals surface area (Å²) in [7, 11) is 1.76. The first kappa shape index (κ1) is 9.21. The number of ketones is 1. The van der Waals surface area contributed by atoms with Gasteiger partial charge in [-0.05, 0) is 22.0 Å². The highest BCUT2D eigenvalue weighted by atomic mass is 79.9. The Balaban J connectivity index is 2.44. The zero-order chi connectivity index (χ0) is 10.1. The van der Waals surface area contributed by atoms with Gasteiger partial charge in [0.15, 0.2) is 5.76 Å². The van der Waals surface area contributed by atoms with E-state index in [0.717, 1.165) is 0 Å². The van der Waals surface area contributed by atoms with Gasteiger partial charge in [0, 0.05) is 7.05 Å². The van der Waals surface area contributed by atoms with E-state index in [1.807, 2.05) is 0 Å². The molecular weight excluding hydrogens is 248 g/mol. The highest BCUT2D eigenvalue weighted by Gasteiger charge is 2.18. The van der Waals surface area contributed by atoms with Crippen molar-refractivity contribution in [1.29, 1.82) is 0 Å². The SMILES string of the molecule is Cn1cncc1C(=O)c1occc1Br. The lowest BCUT2D eigenvalue weighted by molar-refractivity contribution is 0.100. The standard InChI is InChI=1S/C9H7BrN2O2/c1-12-5-11-4-7(12)8(13)9-6(10)2-3-14-9/h2-5H,1H3. The summed E-state index contributed by atoms with van der Waals surface area (Å²) >= 11 is 3.23. The van der Waals surface area contributed by atoms with Crippen LogP contribution >= 0.6 is 15.9 Å². The van der Waals surface area contributed by atoms with E-state index < -0.39 is 0 Å². The maximum absolute atomic E-state index is 11.8. The van der Waals surface area contributed by atoms with Crippen LogP contribution in [0.4, 0.5) is 0 Å². The first-order valence-corrected chi connectivity index (χ1v) is 4.73. The van der Waals surface area contributed by atoms with Gasteiger partial charge >= 0.3 is 0 Å². The average molecular weight is 255 g/mol. The van der Waals surface area contributed by atoms with Crippen LogP contribution < -0.4 is 0 Å². The highest BCUT2D eigenvalue weighted by molar-refractivity contribution is 9.10. The Bertz CT molecular complexity index is 430. The fourth-order valence-corrected chi connectivity index (χ4v) is 1.53. The molecule has 0 saturated carbocycles. The Morgan fingerprint density at radius 2 is 2.43 bits per heavy atom. The van der Waals surface area contributed by atoms with Crippen LogP contribution in [0.1, 0.15) is 16.2 Å². The Hall–Kier alpha value is -1.36. The van der Waals surface area contributed by atoms with E-state index >= 15 is 0 Å². The number of carbonyl (C=O) groups excluding carboxylic acids is 1. The normalized spacial score (nSPS) is 10.4. The molecule has 14 heavy (non-hydrogen) atoms. The number of carbonyl (C=O) groups is 1. The number of imidazole rings is 1. The van der Waals surface area contributed by atoms with Crippen molar-refractivity contribution in [2.24, 2.45) is 7.05 Å².